The van der Waals surface area contributed by atoms with Crippen molar-refractivity contribution in [3.05, 3.63) is 54.1 Å². The largest absolute Gasteiger partial charge is 0.494 e. The van der Waals surface area contributed by atoms with Crippen LogP contribution in [0, 0.1) is 12.8 Å². The monoisotopic (exact) mass is 341 g/mol. The van der Waals surface area contributed by atoms with Crippen LogP contribution < -0.4 is 14.8 Å². The standard InChI is InChI=1S/C22H31NO2/c1-5-20(25-22-10-6-18(4)7-11-22)16-23-19-8-12-21(13-9-19)24-15-14-17(2)3/h6-13,17,20,23H,5,14-16H2,1-4H3. The van der Waals surface area contributed by atoms with Crippen LogP contribution in [0.2, 0.25) is 0 Å². The minimum Gasteiger partial charge on any atom is -0.494 e. The molecule has 2 rings (SSSR count). The predicted molar refractivity (Wildman–Crippen MR) is 106 cm³/mol. The molecular weight excluding hydrogens is 310 g/mol. The van der Waals surface area contributed by atoms with E-state index in [-0.39, 0.29) is 6.10 Å². The molecule has 0 heterocycles. The lowest BCUT2D eigenvalue weighted by Crippen LogP contribution is -2.25. The Kier molecular flexibility index (Phi) is 7.65. The third-order valence-corrected chi connectivity index (χ3v) is 4.13. The first-order valence-corrected chi connectivity index (χ1v) is 9.27. The average Bonchev–Trinajstić information content (AvgIpc) is 2.61. The third kappa shape index (κ3) is 7.08. The van der Waals surface area contributed by atoms with Gasteiger partial charge < -0.3 is 14.8 Å². The molecule has 25 heavy (non-hydrogen) atoms. The molecule has 0 aliphatic heterocycles. The number of aryl methyl sites for hydroxylation is 1. The Morgan fingerprint density at radius 1 is 0.920 bits per heavy atom. The van der Waals surface area contributed by atoms with Gasteiger partial charge in [0.2, 0.25) is 0 Å². The molecule has 3 nitrogen and oxygen atoms in total. The van der Waals surface area contributed by atoms with Crippen molar-refractivity contribution in [3.63, 3.8) is 0 Å². The normalized spacial score (nSPS) is 12.0. The summed E-state index contributed by atoms with van der Waals surface area (Å²) in [6, 6.07) is 16.4. The molecule has 1 atom stereocenters. The Morgan fingerprint density at radius 2 is 1.56 bits per heavy atom. The molecule has 0 saturated heterocycles. The van der Waals surface area contributed by atoms with Crippen LogP contribution in [0.4, 0.5) is 5.69 Å². The number of ether oxygens (including phenoxy) is 2. The molecule has 0 amide bonds. The van der Waals surface area contributed by atoms with Gasteiger partial charge in [0.1, 0.15) is 17.6 Å². The highest BCUT2D eigenvalue weighted by Crippen LogP contribution is 2.18. The molecule has 0 aromatic heterocycles. The number of anilines is 1. The van der Waals surface area contributed by atoms with E-state index in [2.05, 4.69) is 57.3 Å². The summed E-state index contributed by atoms with van der Waals surface area (Å²) in [5.74, 6) is 2.52. The summed E-state index contributed by atoms with van der Waals surface area (Å²) in [6.45, 7) is 10.2. The van der Waals surface area contributed by atoms with E-state index in [4.69, 9.17) is 9.47 Å². The average molecular weight is 341 g/mol. The quantitative estimate of drug-likeness (QED) is 0.602. The predicted octanol–water partition coefficient (Wildman–Crippen LogP) is 5.69. The van der Waals surface area contributed by atoms with E-state index in [1.54, 1.807) is 0 Å². The molecule has 0 aliphatic rings. The second-order valence-corrected chi connectivity index (χ2v) is 6.90. The second kappa shape index (κ2) is 9.97. The van der Waals surface area contributed by atoms with Gasteiger partial charge in [-0.2, -0.15) is 0 Å². The Hall–Kier alpha value is -2.16. The highest BCUT2D eigenvalue weighted by molar-refractivity contribution is 5.46. The summed E-state index contributed by atoms with van der Waals surface area (Å²) in [7, 11) is 0. The molecule has 2 aromatic rings. The van der Waals surface area contributed by atoms with Crippen LogP contribution in [-0.4, -0.2) is 19.3 Å². The van der Waals surface area contributed by atoms with Crippen molar-refractivity contribution >= 4 is 5.69 Å². The van der Waals surface area contributed by atoms with Gasteiger partial charge >= 0.3 is 0 Å². The number of benzene rings is 2. The lowest BCUT2D eigenvalue weighted by Gasteiger charge is -2.19. The van der Waals surface area contributed by atoms with Crippen LogP contribution in [0.15, 0.2) is 48.5 Å². The summed E-state index contributed by atoms with van der Waals surface area (Å²) in [6.07, 6.45) is 2.18. The van der Waals surface area contributed by atoms with E-state index in [9.17, 15) is 0 Å². The molecule has 0 saturated carbocycles. The summed E-state index contributed by atoms with van der Waals surface area (Å²) < 4.78 is 11.8. The minimum absolute atomic E-state index is 0.143. The van der Waals surface area contributed by atoms with E-state index in [1.165, 1.54) is 5.56 Å². The van der Waals surface area contributed by atoms with Crippen LogP contribution in [0.25, 0.3) is 0 Å². The van der Waals surface area contributed by atoms with Crippen molar-refractivity contribution in [2.24, 2.45) is 5.92 Å². The zero-order chi connectivity index (χ0) is 18.1. The zero-order valence-corrected chi connectivity index (χ0v) is 15.9. The Bertz CT molecular complexity index is 605. The maximum absolute atomic E-state index is 6.05. The molecule has 1 unspecified atom stereocenters. The van der Waals surface area contributed by atoms with E-state index in [1.807, 2.05) is 24.3 Å². The summed E-state index contributed by atoms with van der Waals surface area (Å²) in [5, 5.41) is 3.45. The van der Waals surface area contributed by atoms with Crippen LogP contribution in [0.3, 0.4) is 0 Å². The molecule has 0 radical (unpaired) electrons. The first-order valence-electron chi connectivity index (χ1n) is 9.27. The second-order valence-electron chi connectivity index (χ2n) is 6.90. The maximum atomic E-state index is 6.05. The Balaban J connectivity index is 1.79. The number of hydrogen-bond donors (Lipinski definition) is 1. The summed E-state index contributed by atoms with van der Waals surface area (Å²) in [5.41, 5.74) is 2.33. The highest BCUT2D eigenvalue weighted by atomic mass is 16.5. The van der Waals surface area contributed by atoms with Gasteiger partial charge in [-0.1, -0.05) is 38.5 Å². The van der Waals surface area contributed by atoms with Crippen molar-refractivity contribution in [1.29, 1.82) is 0 Å². The van der Waals surface area contributed by atoms with E-state index in [0.29, 0.717) is 5.92 Å². The van der Waals surface area contributed by atoms with Gasteiger partial charge in [0, 0.05) is 5.69 Å². The first-order chi connectivity index (χ1) is 12.1. The van der Waals surface area contributed by atoms with Gasteiger partial charge in [-0.15, -0.1) is 0 Å². The van der Waals surface area contributed by atoms with Crippen LogP contribution >= 0.6 is 0 Å². The fourth-order valence-corrected chi connectivity index (χ4v) is 2.39. The Labute approximate surface area is 152 Å². The van der Waals surface area contributed by atoms with Crippen LogP contribution in [0.5, 0.6) is 11.5 Å². The number of nitrogens with one attached hydrogen (secondary N) is 1. The molecular formula is C22H31NO2. The van der Waals surface area contributed by atoms with Crippen molar-refractivity contribution in [2.75, 3.05) is 18.5 Å². The highest BCUT2D eigenvalue weighted by Gasteiger charge is 2.08. The van der Waals surface area contributed by atoms with Gasteiger partial charge in [0.15, 0.2) is 0 Å². The lowest BCUT2D eigenvalue weighted by molar-refractivity contribution is 0.210. The van der Waals surface area contributed by atoms with Crippen LogP contribution in [-0.2, 0) is 0 Å². The van der Waals surface area contributed by atoms with Crippen molar-refractivity contribution in [1.82, 2.24) is 0 Å². The first kappa shape index (κ1) is 19.2. The van der Waals surface area contributed by atoms with Crippen molar-refractivity contribution in [3.8, 4) is 11.5 Å². The molecule has 2 aromatic carbocycles. The van der Waals surface area contributed by atoms with Gasteiger partial charge in [-0.05, 0) is 62.1 Å². The molecule has 3 heteroatoms. The molecule has 1 N–H and O–H groups in total. The lowest BCUT2D eigenvalue weighted by atomic mass is 10.1. The SMILES string of the molecule is CCC(CNc1ccc(OCCC(C)C)cc1)Oc1ccc(C)cc1. The van der Waals surface area contributed by atoms with E-state index < -0.39 is 0 Å². The maximum Gasteiger partial charge on any atom is 0.119 e. The molecule has 136 valence electrons. The summed E-state index contributed by atoms with van der Waals surface area (Å²) in [4.78, 5) is 0. The van der Waals surface area contributed by atoms with Crippen molar-refractivity contribution < 1.29 is 9.47 Å². The fourth-order valence-electron chi connectivity index (χ4n) is 2.39. The molecule has 0 bridgehead atoms. The van der Waals surface area contributed by atoms with E-state index >= 15 is 0 Å². The van der Waals surface area contributed by atoms with Crippen LogP contribution in [0.1, 0.15) is 39.2 Å². The fraction of sp³-hybridized carbons (Fsp3) is 0.455. The van der Waals surface area contributed by atoms with Gasteiger partial charge in [-0.3, -0.25) is 0 Å². The minimum atomic E-state index is 0.143. The smallest absolute Gasteiger partial charge is 0.119 e. The Morgan fingerprint density at radius 3 is 2.16 bits per heavy atom. The third-order valence-electron chi connectivity index (χ3n) is 4.13. The number of rotatable bonds is 10. The number of hydrogen-bond acceptors (Lipinski definition) is 3. The van der Waals surface area contributed by atoms with E-state index in [0.717, 1.165) is 43.2 Å². The topological polar surface area (TPSA) is 30.5 Å². The molecule has 0 spiro atoms. The summed E-state index contributed by atoms with van der Waals surface area (Å²) >= 11 is 0. The van der Waals surface area contributed by atoms with Gasteiger partial charge in [-0.25, -0.2) is 0 Å². The van der Waals surface area contributed by atoms with Crippen molar-refractivity contribution in [2.45, 2.75) is 46.6 Å². The zero-order valence-electron chi connectivity index (χ0n) is 15.9. The molecule has 0 fully saturated rings. The van der Waals surface area contributed by atoms with Gasteiger partial charge in [0.05, 0.1) is 13.2 Å². The molecule has 0 aliphatic carbocycles. The van der Waals surface area contributed by atoms with Gasteiger partial charge in [0.25, 0.3) is 0 Å².